The summed E-state index contributed by atoms with van der Waals surface area (Å²) < 4.78 is 0. The number of nitrogens with one attached hydrogen (secondary N) is 2. The molecule has 0 amide bonds. The van der Waals surface area contributed by atoms with Crippen molar-refractivity contribution >= 4 is 10.9 Å². The van der Waals surface area contributed by atoms with Crippen molar-refractivity contribution in [2.24, 2.45) is 0 Å². The van der Waals surface area contributed by atoms with Crippen molar-refractivity contribution < 1.29 is 0 Å². The highest BCUT2D eigenvalue weighted by atomic mass is 15.1. The number of benzene rings is 1. The monoisotopic (exact) mass is 271 g/mol. The van der Waals surface area contributed by atoms with Gasteiger partial charge in [-0.25, -0.2) is 0 Å². The Morgan fingerprint density at radius 2 is 2.10 bits per heavy atom. The topological polar surface area (TPSA) is 31.1 Å². The fraction of sp³-hybridized carbons (Fsp3) is 0.529. The van der Waals surface area contributed by atoms with E-state index in [0.717, 1.165) is 26.2 Å². The van der Waals surface area contributed by atoms with Crippen molar-refractivity contribution in [1.29, 1.82) is 0 Å². The highest BCUT2D eigenvalue weighted by Crippen LogP contribution is 2.24. The molecule has 2 aromatic rings. The molecule has 0 saturated carbocycles. The van der Waals surface area contributed by atoms with Gasteiger partial charge in [0.15, 0.2) is 0 Å². The Hall–Kier alpha value is -1.32. The lowest BCUT2D eigenvalue weighted by Gasteiger charge is -2.19. The Morgan fingerprint density at radius 1 is 1.20 bits per heavy atom. The zero-order valence-corrected chi connectivity index (χ0v) is 12.6. The average molecular weight is 271 g/mol. The minimum absolute atomic E-state index is 0.588. The van der Waals surface area contributed by atoms with Gasteiger partial charge in [-0.2, -0.15) is 0 Å². The van der Waals surface area contributed by atoms with Gasteiger partial charge in [0.2, 0.25) is 0 Å². The lowest BCUT2D eigenvalue weighted by atomic mass is 10.0. The molecule has 20 heavy (non-hydrogen) atoms. The first-order valence-corrected chi connectivity index (χ1v) is 7.77. The summed E-state index contributed by atoms with van der Waals surface area (Å²) in [6.45, 7) is 10.2. The SMILES string of the molecule is CC(C)c1ccc2[nH]cc(CN3CCCNCC3)c2c1. The van der Waals surface area contributed by atoms with Crippen LogP contribution in [-0.2, 0) is 6.54 Å². The van der Waals surface area contributed by atoms with Gasteiger partial charge in [-0.3, -0.25) is 4.90 Å². The molecule has 2 N–H and O–H groups in total. The fourth-order valence-electron chi connectivity index (χ4n) is 2.99. The highest BCUT2D eigenvalue weighted by Gasteiger charge is 2.12. The molecule has 3 heteroatoms. The summed E-state index contributed by atoms with van der Waals surface area (Å²) in [6.07, 6.45) is 3.44. The molecule has 1 aliphatic heterocycles. The number of aromatic nitrogens is 1. The minimum Gasteiger partial charge on any atom is -0.361 e. The molecule has 0 atom stereocenters. The largest absolute Gasteiger partial charge is 0.361 e. The molecule has 0 spiro atoms. The third kappa shape index (κ3) is 2.89. The van der Waals surface area contributed by atoms with Gasteiger partial charge in [-0.1, -0.05) is 19.9 Å². The van der Waals surface area contributed by atoms with Gasteiger partial charge < -0.3 is 10.3 Å². The molecule has 0 unspecified atom stereocenters. The maximum Gasteiger partial charge on any atom is 0.0457 e. The van der Waals surface area contributed by atoms with Gasteiger partial charge in [0.25, 0.3) is 0 Å². The molecule has 1 aromatic heterocycles. The van der Waals surface area contributed by atoms with Crippen LogP contribution in [0.25, 0.3) is 10.9 Å². The Kier molecular flexibility index (Phi) is 4.08. The van der Waals surface area contributed by atoms with Crippen LogP contribution in [0.3, 0.4) is 0 Å². The number of aromatic amines is 1. The van der Waals surface area contributed by atoms with Crippen molar-refractivity contribution in [3.8, 4) is 0 Å². The molecular formula is C17H25N3. The average Bonchev–Trinajstić information content (AvgIpc) is 2.66. The standard InChI is InChI=1S/C17H25N3/c1-13(2)14-4-5-17-16(10-14)15(11-19-17)12-20-8-3-6-18-7-9-20/h4-5,10-11,13,18-19H,3,6-9,12H2,1-2H3. The third-order valence-electron chi connectivity index (χ3n) is 4.28. The van der Waals surface area contributed by atoms with Crippen LogP contribution >= 0.6 is 0 Å². The molecule has 3 rings (SSSR count). The first kappa shape index (κ1) is 13.7. The van der Waals surface area contributed by atoms with Gasteiger partial charge in [-0.05, 0) is 48.7 Å². The van der Waals surface area contributed by atoms with Gasteiger partial charge in [0.05, 0.1) is 0 Å². The lowest BCUT2D eigenvalue weighted by Crippen LogP contribution is -2.27. The molecular weight excluding hydrogens is 246 g/mol. The van der Waals surface area contributed by atoms with Crippen LogP contribution in [0.15, 0.2) is 24.4 Å². The molecule has 0 bridgehead atoms. The van der Waals surface area contributed by atoms with Gasteiger partial charge in [0, 0.05) is 36.7 Å². The minimum atomic E-state index is 0.588. The number of H-pyrrole nitrogens is 1. The maximum absolute atomic E-state index is 3.47. The lowest BCUT2D eigenvalue weighted by molar-refractivity contribution is 0.285. The van der Waals surface area contributed by atoms with E-state index in [1.54, 1.807) is 0 Å². The normalized spacial score (nSPS) is 17.8. The van der Waals surface area contributed by atoms with Crippen molar-refractivity contribution in [3.63, 3.8) is 0 Å². The number of hydrogen-bond donors (Lipinski definition) is 2. The molecule has 2 heterocycles. The summed E-state index contributed by atoms with van der Waals surface area (Å²) in [7, 11) is 0. The summed E-state index contributed by atoms with van der Waals surface area (Å²) in [5.41, 5.74) is 4.12. The summed E-state index contributed by atoms with van der Waals surface area (Å²) in [5, 5.41) is 4.87. The van der Waals surface area contributed by atoms with Crippen molar-refractivity contribution in [2.75, 3.05) is 26.2 Å². The van der Waals surface area contributed by atoms with E-state index in [2.05, 4.69) is 53.4 Å². The molecule has 108 valence electrons. The molecule has 0 aliphatic carbocycles. The maximum atomic E-state index is 3.47. The molecule has 0 radical (unpaired) electrons. The Balaban J connectivity index is 1.84. The van der Waals surface area contributed by atoms with Crippen LogP contribution in [0.1, 0.15) is 37.3 Å². The second-order valence-electron chi connectivity index (χ2n) is 6.15. The van der Waals surface area contributed by atoms with E-state index in [1.807, 2.05) is 0 Å². The quantitative estimate of drug-likeness (QED) is 0.899. The van der Waals surface area contributed by atoms with Crippen LogP contribution in [0.5, 0.6) is 0 Å². The molecule has 1 saturated heterocycles. The molecule has 1 aliphatic rings. The second-order valence-corrected chi connectivity index (χ2v) is 6.15. The predicted octanol–water partition coefficient (Wildman–Crippen LogP) is 3.09. The van der Waals surface area contributed by atoms with Crippen LogP contribution in [0.2, 0.25) is 0 Å². The Labute approximate surface area is 121 Å². The smallest absolute Gasteiger partial charge is 0.0457 e. The zero-order chi connectivity index (χ0) is 13.9. The Bertz CT molecular complexity index is 563. The number of nitrogens with zero attached hydrogens (tertiary/aromatic N) is 1. The van der Waals surface area contributed by atoms with Gasteiger partial charge in [0.1, 0.15) is 0 Å². The summed E-state index contributed by atoms with van der Waals surface area (Å²) in [4.78, 5) is 5.98. The van der Waals surface area contributed by atoms with Crippen LogP contribution < -0.4 is 5.32 Å². The van der Waals surface area contributed by atoms with E-state index in [1.165, 1.54) is 35.0 Å². The summed E-state index contributed by atoms with van der Waals surface area (Å²) in [6, 6.07) is 6.82. The number of rotatable bonds is 3. The first-order chi connectivity index (χ1) is 9.74. The van der Waals surface area contributed by atoms with Crippen molar-refractivity contribution in [2.45, 2.75) is 32.7 Å². The van der Waals surface area contributed by atoms with Crippen molar-refractivity contribution in [3.05, 3.63) is 35.5 Å². The van der Waals surface area contributed by atoms with E-state index in [4.69, 9.17) is 0 Å². The predicted molar refractivity (Wildman–Crippen MR) is 85.2 cm³/mol. The highest BCUT2D eigenvalue weighted by molar-refractivity contribution is 5.84. The van der Waals surface area contributed by atoms with Crippen LogP contribution in [-0.4, -0.2) is 36.1 Å². The van der Waals surface area contributed by atoms with E-state index in [-0.39, 0.29) is 0 Å². The van der Waals surface area contributed by atoms with Gasteiger partial charge >= 0.3 is 0 Å². The second kappa shape index (κ2) is 5.98. The summed E-state index contributed by atoms with van der Waals surface area (Å²) in [5.74, 6) is 0.588. The Morgan fingerprint density at radius 3 is 2.95 bits per heavy atom. The fourth-order valence-corrected chi connectivity index (χ4v) is 2.99. The molecule has 1 aromatic carbocycles. The zero-order valence-electron chi connectivity index (χ0n) is 12.6. The molecule has 1 fully saturated rings. The van der Waals surface area contributed by atoms with E-state index < -0.39 is 0 Å². The number of hydrogen-bond acceptors (Lipinski definition) is 2. The van der Waals surface area contributed by atoms with Crippen LogP contribution in [0, 0.1) is 0 Å². The van der Waals surface area contributed by atoms with Gasteiger partial charge in [-0.15, -0.1) is 0 Å². The van der Waals surface area contributed by atoms with E-state index in [9.17, 15) is 0 Å². The first-order valence-electron chi connectivity index (χ1n) is 7.77. The summed E-state index contributed by atoms with van der Waals surface area (Å²) >= 11 is 0. The van der Waals surface area contributed by atoms with E-state index >= 15 is 0 Å². The molecule has 3 nitrogen and oxygen atoms in total. The van der Waals surface area contributed by atoms with Crippen LogP contribution in [0.4, 0.5) is 0 Å². The van der Waals surface area contributed by atoms with E-state index in [0.29, 0.717) is 5.92 Å². The third-order valence-corrected chi connectivity index (χ3v) is 4.28. The van der Waals surface area contributed by atoms with Crippen molar-refractivity contribution in [1.82, 2.24) is 15.2 Å². The number of fused-ring (bicyclic) bond motifs is 1.